The summed E-state index contributed by atoms with van der Waals surface area (Å²) in [6, 6.07) is 20.6. The zero-order chi connectivity index (χ0) is 17.2. The Labute approximate surface area is 169 Å². The summed E-state index contributed by atoms with van der Waals surface area (Å²) in [7, 11) is 0. The van der Waals surface area contributed by atoms with Gasteiger partial charge in [-0.1, -0.05) is 56.3 Å². The second-order valence-electron chi connectivity index (χ2n) is 7.04. The zero-order valence-corrected chi connectivity index (χ0v) is 18.6. The molecule has 0 unspecified atom stereocenters. The molecule has 0 amide bonds. The van der Waals surface area contributed by atoms with Crippen LogP contribution in [0.15, 0.2) is 60.7 Å². The molecule has 2 nitrogen and oxygen atoms in total. The number of nitrogens with zero attached hydrogens (tertiary/aromatic N) is 1. The molecule has 0 spiro atoms. The van der Waals surface area contributed by atoms with Gasteiger partial charge in [-0.05, 0) is 34.9 Å². The van der Waals surface area contributed by atoms with Gasteiger partial charge in [-0.2, -0.15) is 0 Å². The number of aromatic nitrogens is 1. The Morgan fingerprint density at radius 2 is 1.58 bits per heavy atom. The summed E-state index contributed by atoms with van der Waals surface area (Å²) in [6.07, 6.45) is 0. The molecule has 0 fully saturated rings. The van der Waals surface area contributed by atoms with Crippen molar-refractivity contribution in [2.24, 2.45) is 0 Å². The third kappa shape index (κ3) is 2.29. The molecule has 3 aromatic carbocycles. The third-order valence-corrected chi connectivity index (χ3v) is 6.31. The van der Waals surface area contributed by atoms with E-state index in [0.717, 1.165) is 31.9 Å². The summed E-state index contributed by atoms with van der Waals surface area (Å²) < 4.78 is 1.14. The van der Waals surface area contributed by atoms with Crippen molar-refractivity contribution in [3.63, 3.8) is 0 Å². The number of rotatable bonds is 1. The third-order valence-electron chi connectivity index (χ3n) is 5.25. The van der Waals surface area contributed by atoms with Gasteiger partial charge in [0.1, 0.15) is 10.8 Å². The number of thiazole rings is 1. The molecule has 0 radical (unpaired) electrons. The quantitative estimate of drug-likeness (QED) is 0.393. The molecule has 1 heterocycles. The molecule has 4 heteroatoms. The van der Waals surface area contributed by atoms with Crippen molar-refractivity contribution in [3.8, 4) is 27.4 Å². The van der Waals surface area contributed by atoms with Gasteiger partial charge in [0.2, 0.25) is 0 Å². The SMILES string of the molecule is CC1(C)c2ccccc2-c2c1ccc(-c1nc3ccccc3s1)c2O.[Zn]. The maximum absolute atomic E-state index is 11.1. The minimum Gasteiger partial charge on any atom is -0.507 e. The monoisotopic (exact) mass is 407 g/mol. The molecule has 1 aromatic heterocycles. The smallest absolute Gasteiger partial charge is 0.133 e. The predicted molar refractivity (Wildman–Crippen MR) is 104 cm³/mol. The second-order valence-corrected chi connectivity index (χ2v) is 8.07. The number of hydrogen-bond donors (Lipinski definition) is 1. The van der Waals surface area contributed by atoms with Crippen molar-refractivity contribution in [1.29, 1.82) is 0 Å². The molecule has 1 aliphatic carbocycles. The molecule has 1 aliphatic rings. The zero-order valence-electron chi connectivity index (χ0n) is 14.8. The van der Waals surface area contributed by atoms with E-state index in [-0.39, 0.29) is 24.9 Å². The van der Waals surface area contributed by atoms with E-state index in [1.807, 2.05) is 30.3 Å². The van der Waals surface area contributed by atoms with Crippen molar-refractivity contribution in [2.75, 3.05) is 0 Å². The van der Waals surface area contributed by atoms with Crippen molar-refractivity contribution in [1.82, 2.24) is 4.98 Å². The molecule has 0 saturated heterocycles. The van der Waals surface area contributed by atoms with Crippen molar-refractivity contribution in [3.05, 3.63) is 71.8 Å². The molecule has 26 heavy (non-hydrogen) atoms. The van der Waals surface area contributed by atoms with Crippen LogP contribution in [0, 0.1) is 0 Å². The van der Waals surface area contributed by atoms with E-state index in [1.165, 1.54) is 11.1 Å². The Bertz CT molecular complexity index is 1110. The fraction of sp³-hybridized carbons (Fsp3) is 0.136. The Morgan fingerprint density at radius 3 is 2.38 bits per heavy atom. The maximum atomic E-state index is 11.1. The van der Waals surface area contributed by atoms with Gasteiger partial charge in [-0.25, -0.2) is 4.98 Å². The summed E-state index contributed by atoms with van der Waals surface area (Å²) in [5, 5.41) is 12.0. The normalized spacial score (nSPS) is 13.9. The molecule has 0 atom stereocenters. The molecular weight excluding hydrogens is 392 g/mol. The number of fused-ring (bicyclic) bond motifs is 4. The molecular formula is C22H17NOSZn. The average Bonchev–Trinajstić information content (AvgIpc) is 3.14. The predicted octanol–water partition coefficient (Wildman–Crippen LogP) is 5.97. The van der Waals surface area contributed by atoms with Gasteiger partial charge in [-0.15, -0.1) is 11.3 Å². The van der Waals surface area contributed by atoms with Crippen LogP contribution in [0.5, 0.6) is 5.75 Å². The van der Waals surface area contributed by atoms with Crippen LogP contribution in [0.1, 0.15) is 25.0 Å². The van der Waals surface area contributed by atoms with Crippen molar-refractivity contribution >= 4 is 21.6 Å². The summed E-state index contributed by atoms with van der Waals surface area (Å²) in [6.45, 7) is 4.43. The number of benzene rings is 3. The molecule has 0 aliphatic heterocycles. The van der Waals surface area contributed by atoms with Gasteiger partial charge in [0.25, 0.3) is 0 Å². The molecule has 124 valence electrons. The largest absolute Gasteiger partial charge is 0.507 e. The van der Waals surface area contributed by atoms with E-state index in [9.17, 15) is 5.11 Å². The van der Waals surface area contributed by atoms with Crippen LogP contribution in [0.2, 0.25) is 0 Å². The van der Waals surface area contributed by atoms with Gasteiger partial charge in [0.05, 0.1) is 15.8 Å². The Hall–Kier alpha value is -2.03. The topological polar surface area (TPSA) is 33.1 Å². The van der Waals surface area contributed by atoms with Crippen molar-refractivity contribution < 1.29 is 24.6 Å². The van der Waals surface area contributed by atoms with Crippen LogP contribution >= 0.6 is 11.3 Å². The summed E-state index contributed by atoms with van der Waals surface area (Å²) in [5.74, 6) is 0.342. The van der Waals surface area contributed by atoms with E-state index in [0.29, 0.717) is 5.75 Å². The first-order chi connectivity index (χ1) is 12.1. The Kier molecular flexibility index (Phi) is 4.02. The summed E-state index contributed by atoms with van der Waals surface area (Å²) in [5.41, 5.74) is 6.21. The fourth-order valence-corrected chi connectivity index (χ4v) is 4.93. The van der Waals surface area contributed by atoms with E-state index in [1.54, 1.807) is 11.3 Å². The Morgan fingerprint density at radius 1 is 0.846 bits per heavy atom. The molecule has 0 bridgehead atoms. The minimum atomic E-state index is -0.102. The summed E-state index contributed by atoms with van der Waals surface area (Å²) in [4.78, 5) is 4.72. The van der Waals surface area contributed by atoms with Crippen LogP contribution in [-0.4, -0.2) is 10.1 Å². The number of phenolic OH excluding ortho intramolecular Hbond substituents is 1. The number of aromatic hydroxyl groups is 1. The number of para-hydroxylation sites is 1. The molecule has 5 rings (SSSR count). The Balaban J connectivity index is 0.00000168. The second kappa shape index (κ2) is 6.01. The first-order valence-corrected chi connectivity index (χ1v) is 9.21. The van der Waals surface area contributed by atoms with Gasteiger partial charge < -0.3 is 5.11 Å². The molecule has 4 aromatic rings. The van der Waals surface area contributed by atoms with Gasteiger partial charge in [0, 0.05) is 30.5 Å². The first-order valence-electron chi connectivity index (χ1n) is 8.39. The standard InChI is InChI=1S/C22H17NOS.Zn/c1-22(2)15-8-4-3-7-13(15)19-16(22)12-11-14(20(19)24)21-23-17-9-5-6-10-18(17)25-21;/h3-12,24H,1-2H3;. The van der Waals surface area contributed by atoms with Crippen LogP contribution < -0.4 is 0 Å². The minimum absolute atomic E-state index is 0. The summed E-state index contributed by atoms with van der Waals surface area (Å²) >= 11 is 1.62. The fourth-order valence-electron chi connectivity index (χ4n) is 3.94. The number of hydrogen-bond acceptors (Lipinski definition) is 3. The average molecular weight is 409 g/mol. The van der Waals surface area contributed by atoms with Gasteiger partial charge >= 0.3 is 0 Å². The van der Waals surface area contributed by atoms with E-state index >= 15 is 0 Å². The van der Waals surface area contributed by atoms with Crippen LogP contribution in [0.25, 0.3) is 31.9 Å². The molecule has 0 saturated carbocycles. The van der Waals surface area contributed by atoms with Gasteiger partial charge in [-0.3, -0.25) is 0 Å². The molecule has 1 N–H and O–H groups in total. The van der Waals surface area contributed by atoms with Gasteiger partial charge in [0.15, 0.2) is 0 Å². The van der Waals surface area contributed by atoms with E-state index in [2.05, 4.69) is 44.2 Å². The van der Waals surface area contributed by atoms with Crippen LogP contribution in [-0.2, 0) is 24.9 Å². The first kappa shape index (κ1) is 17.4. The van der Waals surface area contributed by atoms with Crippen LogP contribution in [0.4, 0.5) is 0 Å². The number of phenols is 1. The van der Waals surface area contributed by atoms with Crippen molar-refractivity contribution in [2.45, 2.75) is 19.3 Å². The van der Waals surface area contributed by atoms with E-state index < -0.39 is 0 Å². The van der Waals surface area contributed by atoms with Crippen LogP contribution in [0.3, 0.4) is 0 Å². The maximum Gasteiger partial charge on any atom is 0.133 e. The van der Waals surface area contributed by atoms with E-state index in [4.69, 9.17) is 4.98 Å².